The molecule has 3 N–H and O–H groups in total. The third kappa shape index (κ3) is 3.29. The lowest BCUT2D eigenvalue weighted by Crippen LogP contribution is -2.39. The van der Waals surface area contributed by atoms with Crippen molar-refractivity contribution in [1.82, 2.24) is 15.3 Å². The monoisotopic (exact) mass is 302 g/mol. The number of aromatic nitrogens is 2. The summed E-state index contributed by atoms with van der Waals surface area (Å²) in [6, 6.07) is 0.261. The number of nitrogens with one attached hydrogen (secondary N) is 1. The molecule has 0 atom stereocenters. The van der Waals surface area contributed by atoms with Crippen molar-refractivity contribution < 1.29 is 4.79 Å². The first-order valence-electron chi connectivity index (χ1n) is 8.44. The standard InChI is InChI=1S/C17H26N4O/c1-10-15(11(2)20-16(19-10)13-5-6-13)17(22)21-14-7-3-12(9-18)4-8-14/h12-14H,3-9,18H2,1-2H3,(H,21,22). The highest BCUT2D eigenvalue weighted by atomic mass is 16.1. The van der Waals surface area contributed by atoms with Gasteiger partial charge in [-0.3, -0.25) is 4.79 Å². The summed E-state index contributed by atoms with van der Waals surface area (Å²) >= 11 is 0. The molecule has 1 aromatic heterocycles. The zero-order chi connectivity index (χ0) is 15.7. The number of carbonyl (C=O) groups excluding carboxylic acids is 1. The smallest absolute Gasteiger partial charge is 0.255 e. The van der Waals surface area contributed by atoms with Gasteiger partial charge in [-0.15, -0.1) is 0 Å². The van der Waals surface area contributed by atoms with E-state index >= 15 is 0 Å². The maximum Gasteiger partial charge on any atom is 0.255 e. The fraction of sp³-hybridized carbons (Fsp3) is 0.706. The van der Waals surface area contributed by atoms with Crippen LogP contribution >= 0.6 is 0 Å². The van der Waals surface area contributed by atoms with Gasteiger partial charge in [0.1, 0.15) is 5.82 Å². The second kappa shape index (κ2) is 6.32. The van der Waals surface area contributed by atoms with Crippen molar-refractivity contribution in [2.45, 2.75) is 64.3 Å². The van der Waals surface area contributed by atoms with Gasteiger partial charge < -0.3 is 11.1 Å². The number of hydrogen-bond acceptors (Lipinski definition) is 4. The van der Waals surface area contributed by atoms with Crippen LogP contribution in [0.3, 0.4) is 0 Å². The Balaban J connectivity index is 1.67. The highest BCUT2D eigenvalue weighted by Gasteiger charge is 2.29. The predicted octanol–water partition coefficient (Wildman–Crippen LogP) is 2.22. The molecule has 0 radical (unpaired) electrons. The number of hydrogen-bond donors (Lipinski definition) is 2. The molecule has 0 aliphatic heterocycles. The van der Waals surface area contributed by atoms with E-state index in [1.807, 2.05) is 13.8 Å². The minimum Gasteiger partial charge on any atom is -0.349 e. The third-order valence-corrected chi connectivity index (χ3v) is 4.97. The van der Waals surface area contributed by atoms with Crippen LogP contribution < -0.4 is 11.1 Å². The lowest BCUT2D eigenvalue weighted by atomic mass is 9.86. The molecule has 0 aromatic carbocycles. The normalized spacial score (nSPS) is 25.0. The summed E-state index contributed by atoms with van der Waals surface area (Å²) in [5.41, 5.74) is 7.99. The topological polar surface area (TPSA) is 80.9 Å². The van der Waals surface area contributed by atoms with Crippen molar-refractivity contribution in [3.05, 3.63) is 22.8 Å². The highest BCUT2D eigenvalue weighted by molar-refractivity contribution is 5.96. The molecule has 2 aliphatic carbocycles. The molecule has 2 saturated carbocycles. The van der Waals surface area contributed by atoms with E-state index in [4.69, 9.17) is 5.73 Å². The number of carbonyl (C=O) groups is 1. The van der Waals surface area contributed by atoms with Crippen LogP contribution in [0, 0.1) is 19.8 Å². The third-order valence-electron chi connectivity index (χ3n) is 4.97. The van der Waals surface area contributed by atoms with E-state index in [0.29, 0.717) is 17.4 Å². The summed E-state index contributed by atoms with van der Waals surface area (Å²) in [4.78, 5) is 21.7. The van der Waals surface area contributed by atoms with Gasteiger partial charge in [0.05, 0.1) is 17.0 Å². The Morgan fingerprint density at radius 3 is 2.18 bits per heavy atom. The van der Waals surface area contributed by atoms with Gasteiger partial charge in [-0.1, -0.05) is 0 Å². The fourth-order valence-corrected chi connectivity index (χ4v) is 3.40. The van der Waals surface area contributed by atoms with E-state index < -0.39 is 0 Å². The molecular weight excluding hydrogens is 276 g/mol. The Morgan fingerprint density at radius 1 is 1.09 bits per heavy atom. The fourth-order valence-electron chi connectivity index (χ4n) is 3.40. The zero-order valence-electron chi connectivity index (χ0n) is 13.6. The van der Waals surface area contributed by atoms with Gasteiger partial charge in [-0.05, 0) is 64.8 Å². The number of aryl methyl sites for hydroxylation is 2. The molecule has 1 amide bonds. The van der Waals surface area contributed by atoms with Crippen LogP contribution in [0.4, 0.5) is 0 Å². The minimum atomic E-state index is -0.0199. The average Bonchev–Trinajstić information content (AvgIpc) is 3.32. The molecule has 0 unspecified atom stereocenters. The molecule has 2 aliphatic rings. The molecule has 0 bridgehead atoms. The first-order chi connectivity index (χ1) is 10.6. The number of amides is 1. The Hall–Kier alpha value is -1.49. The van der Waals surface area contributed by atoms with Crippen LogP contribution in [0.15, 0.2) is 0 Å². The largest absolute Gasteiger partial charge is 0.349 e. The molecule has 0 spiro atoms. The van der Waals surface area contributed by atoms with Gasteiger partial charge in [0, 0.05) is 12.0 Å². The van der Waals surface area contributed by atoms with Crippen LogP contribution in [-0.2, 0) is 0 Å². The van der Waals surface area contributed by atoms with Gasteiger partial charge in [0.15, 0.2) is 0 Å². The van der Waals surface area contributed by atoms with Gasteiger partial charge in [0.25, 0.3) is 5.91 Å². The van der Waals surface area contributed by atoms with Gasteiger partial charge in [-0.25, -0.2) is 9.97 Å². The van der Waals surface area contributed by atoms with E-state index in [1.165, 1.54) is 12.8 Å². The molecule has 1 heterocycles. The Kier molecular flexibility index (Phi) is 4.43. The SMILES string of the molecule is Cc1nc(C2CC2)nc(C)c1C(=O)NC1CCC(CN)CC1. The first kappa shape index (κ1) is 15.4. The van der Waals surface area contributed by atoms with Crippen molar-refractivity contribution in [2.75, 3.05) is 6.54 Å². The van der Waals surface area contributed by atoms with E-state index in [-0.39, 0.29) is 11.9 Å². The number of nitrogens with two attached hydrogens (primary N) is 1. The highest BCUT2D eigenvalue weighted by Crippen LogP contribution is 2.38. The summed E-state index contributed by atoms with van der Waals surface area (Å²) < 4.78 is 0. The van der Waals surface area contributed by atoms with Crippen molar-refractivity contribution in [2.24, 2.45) is 11.7 Å². The molecule has 120 valence electrons. The van der Waals surface area contributed by atoms with E-state index in [2.05, 4.69) is 15.3 Å². The maximum absolute atomic E-state index is 12.6. The minimum absolute atomic E-state index is 0.0199. The molecule has 5 nitrogen and oxygen atoms in total. The Bertz CT molecular complexity index is 537. The summed E-state index contributed by atoms with van der Waals surface area (Å²) in [6.07, 6.45) is 6.61. The molecule has 22 heavy (non-hydrogen) atoms. The summed E-state index contributed by atoms with van der Waals surface area (Å²) in [7, 11) is 0. The van der Waals surface area contributed by atoms with Crippen LogP contribution in [0.1, 0.15) is 72.0 Å². The predicted molar refractivity (Wildman–Crippen MR) is 85.7 cm³/mol. The number of nitrogens with zero attached hydrogens (tertiary/aromatic N) is 2. The first-order valence-corrected chi connectivity index (χ1v) is 8.44. The van der Waals surface area contributed by atoms with Crippen molar-refractivity contribution in [3.63, 3.8) is 0 Å². The second-order valence-corrected chi connectivity index (χ2v) is 6.83. The van der Waals surface area contributed by atoms with E-state index in [1.54, 1.807) is 0 Å². The summed E-state index contributed by atoms with van der Waals surface area (Å²) in [6.45, 7) is 4.59. The lowest BCUT2D eigenvalue weighted by molar-refractivity contribution is 0.0920. The van der Waals surface area contributed by atoms with Crippen molar-refractivity contribution in [3.8, 4) is 0 Å². The van der Waals surface area contributed by atoms with Gasteiger partial charge in [-0.2, -0.15) is 0 Å². The Labute approximate surface area is 132 Å². The molecule has 0 saturated heterocycles. The van der Waals surface area contributed by atoms with E-state index in [0.717, 1.165) is 49.4 Å². The molecule has 2 fully saturated rings. The van der Waals surface area contributed by atoms with Crippen molar-refractivity contribution >= 4 is 5.91 Å². The van der Waals surface area contributed by atoms with E-state index in [9.17, 15) is 4.79 Å². The van der Waals surface area contributed by atoms with Crippen LogP contribution in [0.25, 0.3) is 0 Å². The van der Waals surface area contributed by atoms with Crippen LogP contribution in [-0.4, -0.2) is 28.5 Å². The van der Waals surface area contributed by atoms with Crippen LogP contribution in [0.5, 0.6) is 0 Å². The Morgan fingerprint density at radius 2 is 1.68 bits per heavy atom. The average molecular weight is 302 g/mol. The molecular formula is C17H26N4O. The van der Waals surface area contributed by atoms with Crippen molar-refractivity contribution in [1.29, 1.82) is 0 Å². The van der Waals surface area contributed by atoms with Gasteiger partial charge in [0.2, 0.25) is 0 Å². The molecule has 1 aromatic rings. The summed E-state index contributed by atoms with van der Waals surface area (Å²) in [5, 5.41) is 3.17. The number of rotatable bonds is 4. The second-order valence-electron chi connectivity index (χ2n) is 6.83. The maximum atomic E-state index is 12.6. The molecule has 5 heteroatoms. The van der Waals surface area contributed by atoms with Gasteiger partial charge >= 0.3 is 0 Å². The molecule has 3 rings (SSSR count). The quantitative estimate of drug-likeness (QED) is 0.893. The zero-order valence-corrected chi connectivity index (χ0v) is 13.6. The summed E-state index contributed by atoms with van der Waals surface area (Å²) in [5.74, 6) is 2.03. The lowest BCUT2D eigenvalue weighted by Gasteiger charge is -2.28. The van der Waals surface area contributed by atoms with Crippen LogP contribution in [0.2, 0.25) is 0 Å².